The first-order valence-corrected chi connectivity index (χ1v) is 9.55. The smallest absolute Gasteiger partial charge is 0.161 e. The average Bonchev–Trinajstić information content (AvgIpc) is 2.73. The van der Waals surface area contributed by atoms with E-state index in [4.69, 9.17) is 14.2 Å². The number of hydrogen-bond acceptors (Lipinski definition) is 4. The number of hydrogen-bond donors (Lipinski definition) is 0. The highest BCUT2D eigenvalue weighted by Crippen LogP contribution is 2.29. The summed E-state index contributed by atoms with van der Waals surface area (Å²) >= 11 is 0. The second kappa shape index (κ2) is 10.2. The highest BCUT2D eigenvalue weighted by Gasteiger charge is 2.05. The molecule has 0 unspecified atom stereocenters. The van der Waals surface area contributed by atoms with Gasteiger partial charge in [-0.1, -0.05) is 25.1 Å². The Morgan fingerprint density at radius 3 is 2.25 bits per heavy atom. The summed E-state index contributed by atoms with van der Waals surface area (Å²) in [5.74, 6) is 3.10. The SMILES string of the molecule is CCCOc1ccc(C=Nc2ccc(Oc3ccccc3)cc2)cc1OCC. The van der Waals surface area contributed by atoms with Crippen LogP contribution in [0.3, 0.4) is 0 Å². The summed E-state index contributed by atoms with van der Waals surface area (Å²) < 4.78 is 17.2. The average molecular weight is 375 g/mol. The lowest BCUT2D eigenvalue weighted by Crippen LogP contribution is -2.00. The molecule has 28 heavy (non-hydrogen) atoms. The van der Waals surface area contributed by atoms with E-state index in [1.54, 1.807) is 0 Å². The Morgan fingerprint density at radius 1 is 0.786 bits per heavy atom. The topological polar surface area (TPSA) is 40.0 Å². The second-order valence-electron chi connectivity index (χ2n) is 6.15. The normalized spacial score (nSPS) is 10.8. The maximum absolute atomic E-state index is 5.80. The van der Waals surface area contributed by atoms with Crippen LogP contribution >= 0.6 is 0 Å². The van der Waals surface area contributed by atoms with Crippen LogP contribution in [0.5, 0.6) is 23.0 Å². The first-order valence-electron chi connectivity index (χ1n) is 9.55. The van der Waals surface area contributed by atoms with Crippen LogP contribution < -0.4 is 14.2 Å². The van der Waals surface area contributed by atoms with E-state index in [2.05, 4.69) is 11.9 Å². The van der Waals surface area contributed by atoms with Crippen LogP contribution in [-0.2, 0) is 0 Å². The number of aliphatic imine (C=N–C) groups is 1. The molecule has 0 fully saturated rings. The molecule has 0 N–H and O–H groups in total. The summed E-state index contributed by atoms with van der Waals surface area (Å²) in [6, 6.07) is 23.2. The van der Waals surface area contributed by atoms with Gasteiger partial charge in [0.15, 0.2) is 11.5 Å². The van der Waals surface area contributed by atoms with Crippen LogP contribution in [0.15, 0.2) is 77.8 Å². The molecule has 4 heteroatoms. The quantitative estimate of drug-likeness (QED) is 0.405. The third-order valence-electron chi connectivity index (χ3n) is 3.91. The van der Waals surface area contributed by atoms with Gasteiger partial charge in [0.1, 0.15) is 11.5 Å². The molecule has 0 aromatic heterocycles. The van der Waals surface area contributed by atoms with Gasteiger partial charge in [-0.25, -0.2) is 0 Å². The van der Waals surface area contributed by atoms with Gasteiger partial charge in [0.2, 0.25) is 0 Å². The number of para-hydroxylation sites is 1. The van der Waals surface area contributed by atoms with Crippen molar-refractivity contribution >= 4 is 11.9 Å². The molecule has 0 aliphatic heterocycles. The van der Waals surface area contributed by atoms with Gasteiger partial charge in [-0.15, -0.1) is 0 Å². The molecule has 0 spiro atoms. The lowest BCUT2D eigenvalue weighted by Gasteiger charge is -2.11. The van der Waals surface area contributed by atoms with Gasteiger partial charge in [-0.3, -0.25) is 4.99 Å². The molecule has 0 atom stereocenters. The summed E-state index contributed by atoms with van der Waals surface area (Å²) in [7, 11) is 0. The van der Waals surface area contributed by atoms with Gasteiger partial charge in [0.25, 0.3) is 0 Å². The molecule has 0 saturated heterocycles. The van der Waals surface area contributed by atoms with E-state index in [1.807, 2.05) is 85.9 Å². The fourth-order valence-corrected chi connectivity index (χ4v) is 2.58. The standard InChI is InChI=1S/C24H25NO3/c1-3-16-27-23-15-10-19(17-24(23)26-4-2)18-25-20-11-13-22(14-12-20)28-21-8-6-5-7-9-21/h5-15,17-18H,3-4,16H2,1-2H3. The van der Waals surface area contributed by atoms with Crippen molar-refractivity contribution in [2.45, 2.75) is 20.3 Å². The Morgan fingerprint density at radius 2 is 1.54 bits per heavy atom. The van der Waals surface area contributed by atoms with E-state index in [0.29, 0.717) is 13.2 Å². The predicted octanol–water partition coefficient (Wildman–Crippen LogP) is 6.42. The van der Waals surface area contributed by atoms with Crippen molar-refractivity contribution in [1.82, 2.24) is 0 Å². The van der Waals surface area contributed by atoms with Gasteiger partial charge >= 0.3 is 0 Å². The van der Waals surface area contributed by atoms with Crippen LogP contribution in [0.2, 0.25) is 0 Å². The molecule has 0 aliphatic carbocycles. The molecule has 3 aromatic carbocycles. The van der Waals surface area contributed by atoms with Gasteiger partial charge in [-0.2, -0.15) is 0 Å². The Balaban J connectivity index is 1.68. The van der Waals surface area contributed by atoms with Crippen molar-refractivity contribution < 1.29 is 14.2 Å². The van der Waals surface area contributed by atoms with Crippen LogP contribution in [0.4, 0.5) is 5.69 Å². The molecule has 0 amide bonds. The van der Waals surface area contributed by atoms with Crippen molar-refractivity contribution in [3.05, 3.63) is 78.4 Å². The molecule has 144 valence electrons. The summed E-state index contributed by atoms with van der Waals surface area (Å²) in [4.78, 5) is 4.54. The minimum absolute atomic E-state index is 0.589. The Labute approximate surface area is 166 Å². The van der Waals surface area contributed by atoms with E-state index in [9.17, 15) is 0 Å². The van der Waals surface area contributed by atoms with Gasteiger partial charge < -0.3 is 14.2 Å². The number of rotatable bonds is 9. The molecular weight excluding hydrogens is 350 g/mol. The number of nitrogens with zero attached hydrogens (tertiary/aromatic N) is 1. The van der Waals surface area contributed by atoms with Crippen molar-refractivity contribution in [3.63, 3.8) is 0 Å². The van der Waals surface area contributed by atoms with Gasteiger partial charge in [0, 0.05) is 6.21 Å². The third kappa shape index (κ3) is 5.61. The molecule has 3 aromatic rings. The van der Waals surface area contributed by atoms with Crippen molar-refractivity contribution in [2.75, 3.05) is 13.2 Å². The summed E-state index contributed by atoms with van der Waals surface area (Å²) in [6.07, 6.45) is 2.78. The van der Waals surface area contributed by atoms with Crippen LogP contribution in [0.1, 0.15) is 25.8 Å². The van der Waals surface area contributed by atoms with Crippen molar-refractivity contribution in [1.29, 1.82) is 0 Å². The molecule has 0 saturated carbocycles. The lowest BCUT2D eigenvalue weighted by atomic mass is 10.2. The number of benzene rings is 3. The number of ether oxygens (including phenoxy) is 3. The van der Waals surface area contributed by atoms with E-state index < -0.39 is 0 Å². The molecule has 0 bridgehead atoms. The minimum atomic E-state index is 0.589. The Kier molecular flexibility index (Phi) is 7.08. The Bertz CT molecular complexity index is 889. The monoisotopic (exact) mass is 375 g/mol. The summed E-state index contributed by atoms with van der Waals surface area (Å²) in [5.41, 5.74) is 1.81. The lowest BCUT2D eigenvalue weighted by molar-refractivity contribution is 0.277. The molecular formula is C24H25NO3. The maximum Gasteiger partial charge on any atom is 0.161 e. The third-order valence-corrected chi connectivity index (χ3v) is 3.91. The van der Waals surface area contributed by atoms with Gasteiger partial charge in [0.05, 0.1) is 18.9 Å². The zero-order chi connectivity index (χ0) is 19.6. The molecule has 0 heterocycles. The largest absolute Gasteiger partial charge is 0.490 e. The molecule has 0 aliphatic rings. The van der Waals surface area contributed by atoms with E-state index in [0.717, 1.165) is 40.7 Å². The fourth-order valence-electron chi connectivity index (χ4n) is 2.58. The fraction of sp³-hybridized carbons (Fsp3) is 0.208. The summed E-state index contributed by atoms with van der Waals surface area (Å²) in [6.45, 7) is 5.30. The zero-order valence-electron chi connectivity index (χ0n) is 16.3. The van der Waals surface area contributed by atoms with Crippen LogP contribution in [0, 0.1) is 0 Å². The van der Waals surface area contributed by atoms with Gasteiger partial charge in [-0.05, 0) is 73.5 Å². The van der Waals surface area contributed by atoms with E-state index >= 15 is 0 Å². The van der Waals surface area contributed by atoms with Crippen LogP contribution in [0.25, 0.3) is 0 Å². The first-order chi connectivity index (χ1) is 13.8. The Hall–Kier alpha value is -3.27. The van der Waals surface area contributed by atoms with Crippen LogP contribution in [-0.4, -0.2) is 19.4 Å². The van der Waals surface area contributed by atoms with Crippen molar-refractivity contribution in [3.8, 4) is 23.0 Å². The second-order valence-corrected chi connectivity index (χ2v) is 6.15. The molecule has 3 rings (SSSR count). The van der Waals surface area contributed by atoms with E-state index in [-0.39, 0.29) is 0 Å². The van der Waals surface area contributed by atoms with Crippen molar-refractivity contribution in [2.24, 2.45) is 4.99 Å². The van der Waals surface area contributed by atoms with E-state index in [1.165, 1.54) is 0 Å². The maximum atomic E-state index is 5.80. The first kappa shape index (κ1) is 19.5. The predicted molar refractivity (Wildman–Crippen MR) is 114 cm³/mol. The molecule has 4 nitrogen and oxygen atoms in total. The highest BCUT2D eigenvalue weighted by molar-refractivity contribution is 5.83. The molecule has 0 radical (unpaired) electrons. The highest BCUT2D eigenvalue weighted by atomic mass is 16.5. The minimum Gasteiger partial charge on any atom is -0.490 e. The zero-order valence-corrected chi connectivity index (χ0v) is 16.3. The summed E-state index contributed by atoms with van der Waals surface area (Å²) in [5, 5.41) is 0.